The molecule has 0 saturated carbocycles. The summed E-state index contributed by atoms with van der Waals surface area (Å²) in [5.41, 5.74) is 3.73. The van der Waals surface area contributed by atoms with Crippen molar-refractivity contribution in [1.82, 2.24) is 25.2 Å². The van der Waals surface area contributed by atoms with E-state index in [2.05, 4.69) is 20.5 Å². The van der Waals surface area contributed by atoms with Crippen molar-refractivity contribution in [2.24, 2.45) is 5.84 Å². The van der Waals surface area contributed by atoms with E-state index < -0.39 is 0 Å². The minimum Gasteiger partial charge on any atom is -0.271 e. The molecule has 0 radical (unpaired) electrons. The van der Waals surface area contributed by atoms with E-state index in [0.29, 0.717) is 11.6 Å². The number of rotatable bonds is 5. The molecule has 2 rings (SSSR count). The quantitative estimate of drug-likeness (QED) is 0.481. The third kappa shape index (κ3) is 2.84. The lowest BCUT2D eigenvalue weighted by Gasteiger charge is -2.15. The summed E-state index contributed by atoms with van der Waals surface area (Å²) in [7, 11) is 0. The second-order valence-corrected chi connectivity index (χ2v) is 4.22. The molecule has 18 heavy (non-hydrogen) atoms. The predicted molar refractivity (Wildman–Crippen MR) is 68.7 cm³/mol. The van der Waals surface area contributed by atoms with Gasteiger partial charge in [-0.15, -0.1) is 0 Å². The van der Waals surface area contributed by atoms with Gasteiger partial charge in [-0.2, -0.15) is 5.10 Å². The first-order valence-corrected chi connectivity index (χ1v) is 6.06. The van der Waals surface area contributed by atoms with E-state index in [9.17, 15) is 0 Å². The molecule has 3 N–H and O–H groups in total. The third-order valence-corrected chi connectivity index (χ3v) is 2.96. The number of nitrogens with two attached hydrogens (primary N) is 1. The minimum atomic E-state index is -0.0655. The summed E-state index contributed by atoms with van der Waals surface area (Å²) in [6.07, 6.45) is 3.90. The van der Waals surface area contributed by atoms with Crippen molar-refractivity contribution in [2.45, 2.75) is 25.9 Å². The maximum Gasteiger partial charge on any atom is 0.138 e. The van der Waals surface area contributed by atoms with E-state index in [1.54, 1.807) is 18.6 Å². The number of aryl methyl sites for hydroxylation is 1. The van der Waals surface area contributed by atoms with Crippen LogP contribution in [-0.4, -0.2) is 19.7 Å². The summed E-state index contributed by atoms with van der Waals surface area (Å²) in [5.74, 6) is 6.47. The molecule has 6 nitrogen and oxygen atoms in total. The first-order chi connectivity index (χ1) is 8.74. The predicted octanol–water partition coefficient (Wildman–Crippen LogP) is 1.09. The lowest BCUT2D eigenvalue weighted by atomic mass is 10.1. The SMILES string of the molecule is CCn1ncnc1CC(NN)c1ccc(Cl)nc1. The van der Waals surface area contributed by atoms with Crippen LogP contribution >= 0.6 is 11.6 Å². The molecular formula is C11H15ClN6. The van der Waals surface area contributed by atoms with E-state index >= 15 is 0 Å². The number of nitrogens with one attached hydrogen (secondary N) is 1. The van der Waals surface area contributed by atoms with E-state index in [1.807, 2.05) is 17.7 Å². The minimum absolute atomic E-state index is 0.0655. The van der Waals surface area contributed by atoms with Crippen molar-refractivity contribution < 1.29 is 0 Å². The van der Waals surface area contributed by atoms with Crippen LogP contribution in [-0.2, 0) is 13.0 Å². The highest BCUT2D eigenvalue weighted by atomic mass is 35.5. The molecular weight excluding hydrogens is 252 g/mol. The van der Waals surface area contributed by atoms with Gasteiger partial charge in [0.05, 0.1) is 6.04 Å². The highest BCUT2D eigenvalue weighted by molar-refractivity contribution is 6.29. The molecule has 7 heteroatoms. The van der Waals surface area contributed by atoms with Crippen molar-refractivity contribution in [2.75, 3.05) is 0 Å². The molecule has 0 aliphatic carbocycles. The Balaban J connectivity index is 2.17. The molecule has 2 heterocycles. The molecule has 1 atom stereocenters. The standard InChI is InChI=1S/C11H15ClN6/c1-2-18-11(15-7-16-18)5-9(17-13)8-3-4-10(12)14-6-8/h3-4,6-7,9,17H,2,5,13H2,1H3. The second-order valence-electron chi connectivity index (χ2n) is 3.83. The van der Waals surface area contributed by atoms with Crippen LogP contribution in [0.1, 0.15) is 24.4 Å². The molecule has 0 bridgehead atoms. The lowest BCUT2D eigenvalue weighted by Crippen LogP contribution is -2.30. The number of pyridine rings is 1. The van der Waals surface area contributed by atoms with E-state index in [4.69, 9.17) is 17.4 Å². The average molecular weight is 267 g/mol. The molecule has 0 fully saturated rings. The summed E-state index contributed by atoms with van der Waals surface area (Å²) >= 11 is 5.76. The van der Waals surface area contributed by atoms with Gasteiger partial charge in [0.25, 0.3) is 0 Å². The Bertz CT molecular complexity index is 494. The summed E-state index contributed by atoms with van der Waals surface area (Å²) in [4.78, 5) is 8.27. The summed E-state index contributed by atoms with van der Waals surface area (Å²) in [6.45, 7) is 2.80. The van der Waals surface area contributed by atoms with Crippen LogP contribution in [0.4, 0.5) is 0 Å². The second kappa shape index (κ2) is 5.90. The molecule has 0 aliphatic heterocycles. The van der Waals surface area contributed by atoms with Gasteiger partial charge >= 0.3 is 0 Å². The Kier molecular flexibility index (Phi) is 4.24. The summed E-state index contributed by atoms with van der Waals surface area (Å²) in [6, 6.07) is 3.57. The fraction of sp³-hybridized carbons (Fsp3) is 0.364. The van der Waals surface area contributed by atoms with Gasteiger partial charge in [-0.1, -0.05) is 17.7 Å². The Morgan fingerprint density at radius 1 is 1.44 bits per heavy atom. The molecule has 2 aromatic rings. The fourth-order valence-electron chi connectivity index (χ4n) is 1.76. The van der Waals surface area contributed by atoms with Gasteiger partial charge in [0, 0.05) is 19.2 Å². The zero-order valence-corrected chi connectivity index (χ0v) is 10.8. The molecule has 2 aromatic heterocycles. The summed E-state index contributed by atoms with van der Waals surface area (Å²) in [5, 5.41) is 4.59. The number of nitrogens with zero attached hydrogens (tertiary/aromatic N) is 4. The van der Waals surface area contributed by atoms with Crippen molar-refractivity contribution in [3.63, 3.8) is 0 Å². The topological polar surface area (TPSA) is 81.7 Å². The van der Waals surface area contributed by atoms with Crippen LogP contribution < -0.4 is 11.3 Å². The Morgan fingerprint density at radius 2 is 2.28 bits per heavy atom. The smallest absolute Gasteiger partial charge is 0.138 e. The molecule has 0 aromatic carbocycles. The van der Waals surface area contributed by atoms with Crippen molar-refractivity contribution in [1.29, 1.82) is 0 Å². The number of hydrogen-bond acceptors (Lipinski definition) is 5. The zero-order chi connectivity index (χ0) is 13.0. The average Bonchev–Trinajstić information content (AvgIpc) is 2.84. The van der Waals surface area contributed by atoms with Crippen LogP contribution in [0.3, 0.4) is 0 Å². The van der Waals surface area contributed by atoms with Crippen molar-refractivity contribution in [3.05, 3.63) is 41.2 Å². The first-order valence-electron chi connectivity index (χ1n) is 5.68. The van der Waals surface area contributed by atoms with Gasteiger partial charge in [-0.25, -0.2) is 9.97 Å². The van der Waals surface area contributed by atoms with Gasteiger partial charge in [0.15, 0.2) is 0 Å². The van der Waals surface area contributed by atoms with Gasteiger partial charge in [0.1, 0.15) is 17.3 Å². The summed E-state index contributed by atoms with van der Waals surface area (Å²) < 4.78 is 1.84. The van der Waals surface area contributed by atoms with E-state index in [1.165, 1.54) is 0 Å². The largest absolute Gasteiger partial charge is 0.271 e. The number of hydrogen-bond donors (Lipinski definition) is 2. The fourth-order valence-corrected chi connectivity index (χ4v) is 1.87. The highest BCUT2D eigenvalue weighted by Crippen LogP contribution is 2.17. The normalized spacial score (nSPS) is 12.6. The molecule has 0 amide bonds. The molecule has 0 spiro atoms. The van der Waals surface area contributed by atoms with E-state index in [-0.39, 0.29) is 6.04 Å². The van der Waals surface area contributed by atoms with Crippen molar-refractivity contribution >= 4 is 11.6 Å². The van der Waals surface area contributed by atoms with Gasteiger partial charge in [-0.05, 0) is 18.6 Å². The Labute approximate surface area is 110 Å². The van der Waals surface area contributed by atoms with Crippen LogP contribution in [0.25, 0.3) is 0 Å². The Morgan fingerprint density at radius 3 is 2.89 bits per heavy atom. The Hall–Kier alpha value is -1.50. The molecule has 0 aliphatic rings. The van der Waals surface area contributed by atoms with Crippen LogP contribution in [0.15, 0.2) is 24.7 Å². The van der Waals surface area contributed by atoms with Crippen LogP contribution in [0, 0.1) is 0 Å². The molecule has 1 unspecified atom stereocenters. The van der Waals surface area contributed by atoms with Gasteiger partial charge < -0.3 is 0 Å². The lowest BCUT2D eigenvalue weighted by molar-refractivity contribution is 0.509. The molecule has 96 valence electrons. The van der Waals surface area contributed by atoms with Crippen molar-refractivity contribution in [3.8, 4) is 0 Å². The maximum absolute atomic E-state index is 5.76. The molecule has 0 saturated heterocycles. The van der Waals surface area contributed by atoms with E-state index in [0.717, 1.165) is 17.9 Å². The zero-order valence-electron chi connectivity index (χ0n) is 10.0. The van der Waals surface area contributed by atoms with Gasteiger partial charge in [0.2, 0.25) is 0 Å². The number of halogens is 1. The number of hydrazine groups is 1. The maximum atomic E-state index is 5.76. The third-order valence-electron chi connectivity index (χ3n) is 2.74. The first kappa shape index (κ1) is 12.9. The highest BCUT2D eigenvalue weighted by Gasteiger charge is 2.14. The monoisotopic (exact) mass is 266 g/mol. The van der Waals surface area contributed by atoms with Crippen LogP contribution in [0.2, 0.25) is 5.15 Å². The number of aromatic nitrogens is 4. The van der Waals surface area contributed by atoms with Crippen LogP contribution in [0.5, 0.6) is 0 Å². The van der Waals surface area contributed by atoms with Gasteiger partial charge in [-0.3, -0.25) is 16.0 Å².